The highest BCUT2D eigenvalue weighted by Gasteiger charge is 2.23. The molecule has 0 bridgehead atoms. The molecule has 0 spiro atoms. The van der Waals surface area contributed by atoms with Crippen LogP contribution in [0.25, 0.3) is 0 Å². The number of methoxy groups -OCH3 is 1. The molecule has 2 N–H and O–H groups in total. The SMILES string of the molecule is CCC(CN)CC(=O)N1CCC(OC)CC1. The number of nitrogens with two attached hydrogens (primary N) is 1. The Bertz CT molecular complexity index is 209. The first-order valence-electron chi connectivity index (χ1n) is 6.21. The van der Waals surface area contributed by atoms with Gasteiger partial charge in [0, 0.05) is 26.6 Å². The minimum absolute atomic E-state index is 0.256. The summed E-state index contributed by atoms with van der Waals surface area (Å²) < 4.78 is 5.28. The van der Waals surface area contributed by atoms with E-state index < -0.39 is 0 Å². The van der Waals surface area contributed by atoms with Gasteiger partial charge >= 0.3 is 0 Å². The molecule has 1 aliphatic rings. The Hall–Kier alpha value is -0.610. The fourth-order valence-electron chi connectivity index (χ4n) is 2.11. The summed E-state index contributed by atoms with van der Waals surface area (Å²) in [6.07, 6.45) is 3.84. The van der Waals surface area contributed by atoms with Crippen LogP contribution >= 0.6 is 0 Å². The van der Waals surface area contributed by atoms with Crippen LogP contribution in [-0.2, 0) is 9.53 Å². The van der Waals surface area contributed by atoms with E-state index in [-0.39, 0.29) is 5.91 Å². The van der Waals surface area contributed by atoms with Crippen molar-refractivity contribution >= 4 is 5.91 Å². The molecule has 0 aromatic rings. The van der Waals surface area contributed by atoms with Gasteiger partial charge in [0.15, 0.2) is 0 Å². The van der Waals surface area contributed by atoms with E-state index >= 15 is 0 Å². The number of carbonyl (C=O) groups excluding carboxylic acids is 1. The van der Waals surface area contributed by atoms with Gasteiger partial charge in [-0.3, -0.25) is 4.79 Å². The van der Waals surface area contributed by atoms with E-state index in [0.717, 1.165) is 32.4 Å². The molecule has 4 heteroatoms. The first-order valence-corrected chi connectivity index (χ1v) is 6.21. The topological polar surface area (TPSA) is 55.6 Å². The number of hydrogen-bond donors (Lipinski definition) is 1. The van der Waals surface area contributed by atoms with Gasteiger partial charge < -0.3 is 15.4 Å². The Morgan fingerprint density at radius 1 is 1.50 bits per heavy atom. The Morgan fingerprint density at radius 2 is 2.12 bits per heavy atom. The van der Waals surface area contributed by atoms with Crippen molar-refractivity contribution < 1.29 is 9.53 Å². The van der Waals surface area contributed by atoms with Crippen molar-refractivity contribution in [2.75, 3.05) is 26.7 Å². The second-order valence-corrected chi connectivity index (χ2v) is 4.53. The monoisotopic (exact) mass is 228 g/mol. The zero-order valence-electron chi connectivity index (χ0n) is 10.4. The Morgan fingerprint density at radius 3 is 2.56 bits per heavy atom. The first kappa shape index (κ1) is 13.5. The molecule has 1 saturated heterocycles. The number of carbonyl (C=O) groups is 1. The van der Waals surface area contributed by atoms with Crippen LogP contribution in [0.5, 0.6) is 0 Å². The van der Waals surface area contributed by atoms with Gasteiger partial charge in [-0.05, 0) is 25.3 Å². The van der Waals surface area contributed by atoms with Gasteiger partial charge in [-0.15, -0.1) is 0 Å². The summed E-state index contributed by atoms with van der Waals surface area (Å²) in [4.78, 5) is 13.9. The lowest BCUT2D eigenvalue weighted by atomic mass is 10.0. The number of hydrogen-bond acceptors (Lipinski definition) is 3. The number of likely N-dealkylation sites (tertiary alicyclic amines) is 1. The lowest BCUT2D eigenvalue weighted by Crippen LogP contribution is -2.41. The smallest absolute Gasteiger partial charge is 0.222 e. The van der Waals surface area contributed by atoms with Crippen molar-refractivity contribution in [1.82, 2.24) is 4.90 Å². The highest BCUT2D eigenvalue weighted by Crippen LogP contribution is 2.16. The molecular weight excluding hydrogens is 204 g/mol. The summed E-state index contributed by atoms with van der Waals surface area (Å²) in [6, 6.07) is 0. The average Bonchev–Trinajstić information content (AvgIpc) is 2.35. The minimum atomic E-state index is 0.256. The van der Waals surface area contributed by atoms with Crippen molar-refractivity contribution in [2.45, 2.75) is 38.7 Å². The third-order valence-electron chi connectivity index (χ3n) is 3.50. The van der Waals surface area contributed by atoms with Crippen LogP contribution in [0.15, 0.2) is 0 Å². The van der Waals surface area contributed by atoms with Gasteiger partial charge in [0.1, 0.15) is 0 Å². The quantitative estimate of drug-likeness (QED) is 0.763. The van der Waals surface area contributed by atoms with E-state index in [1.807, 2.05) is 4.90 Å². The first-order chi connectivity index (χ1) is 7.71. The number of amides is 1. The molecule has 1 heterocycles. The van der Waals surface area contributed by atoms with Crippen LogP contribution < -0.4 is 5.73 Å². The fraction of sp³-hybridized carbons (Fsp3) is 0.917. The molecule has 0 aliphatic carbocycles. The molecule has 1 atom stereocenters. The summed E-state index contributed by atoms with van der Waals surface area (Å²) in [7, 11) is 1.74. The maximum absolute atomic E-state index is 12.0. The molecule has 94 valence electrons. The van der Waals surface area contributed by atoms with E-state index in [1.165, 1.54) is 0 Å². The lowest BCUT2D eigenvalue weighted by molar-refractivity contribution is -0.134. The largest absolute Gasteiger partial charge is 0.381 e. The van der Waals surface area contributed by atoms with Crippen LogP contribution in [-0.4, -0.2) is 43.7 Å². The third kappa shape index (κ3) is 3.76. The molecule has 16 heavy (non-hydrogen) atoms. The molecule has 1 rings (SSSR count). The molecule has 4 nitrogen and oxygen atoms in total. The van der Waals surface area contributed by atoms with Gasteiger partial charge in [-0.25, -0.2) is 0 Å². The normalized spacial score (nSPS) is 19.8. The number of piperidine rings is 1. The molecule has 1 fully saturated rings. The lowest BCUT2D eigenvalue weighted by Gasteiger charge is -2.32. The van der Waals surface area contributed by atoms with E-state index in [0.29, 0.717) is 25.0 Å². The number of rotatable bonds is 5. The summed E-state index contributed by atoms with van der Waals surface area (Å²) >= 11 is 0. The molecule has 1 aliphatic heterocycles. The fourth-order valence-corrected chi connectivity index (χ4v) is 2.11. The van der Waals surface area contributed by atoms with Crippen molar-refractivity contribution in [3.05, 3.63) is 0 Å². The number of nitrogens with zero attached hydrogens (tertiary/aromatic N) is 1. The average molecular weight is 228 g/mol. The number of ether oxygens (including phenoxy) is 1. The van der Waals surface area contributed by atoms with Crippen molar-refractivity contribution in [3.8, 4) is 0 Å². The molecule has 0 aromatic heterocycles. The molecule has 0 radical (unpaired) electrons. The van der Waals surface area contributed by atoms with E-state index in [9.17, 15) is 4.79 Å². The summed E-state index contributed by atoms with van der Waals surface area (Å²) in [6.45, 7) is 4.36. The Kier molecular flexibility index (Phi) is 5.77. The van der Waals surface area contributed by atoms with E-state index in [4.69, 9.17) is 10.5 Å². The highest BCUT2D eigenvalue weighted by atomic mass is 16.5. The van der Waals surface area contributed by atoms with Crippen LogP contribution in [0, 0.1) is 5.92 Å². The standard InChI is InChI=1S/C12H24N2O2/c1-3-10(9-13)8-12(15)14-6-4-11(16-2)5-7-14/h10-11H,3-9,13H2,1-2H3. The maximum Gasteiger partial charge on any atom is 0.222 e. The van der Waals surface area contributed by atoms with Gasteiger partial charge in [-0.1, -0.05) is 13.3 Å². The summed E-state index contributed by atoms with van der Waals surface area (Å²) in [5.74, 6) is 0.597. The van der Waals surface area contributed by atoms with Crippen molar-refractivity contribution in [2.24, 2.45) is 11.7 Å². The second kappa shape index (κ2) is 6.86. The predicted molar refractivity (Wildman–Crippen MR) is 64.1 cm³/mol. The highest BCUT2D eigenvalue weighted by molar-refractivity contribution is 5.76. The minimum Gasteiger partial charge on any atom is -0.381 e. The summed E-state index contributed by atoms with van der Waals surface area (Å²) in [5.41, 5.74) is 5.61. The molecule has 1 amide bonds. The van der Waals surface area contributed by atoms with Gasteiger partial charge in [-0.2, -0.15) is 0 Å². The Labute approximate surface area is 98.1 Å². The second-order valence-electron chi connectivity index (χ2n) is 4.53. The molecule has 1 unspecified atom stereocenters. The van der Waals surface area contributed by atoms with Gasteiger partial charge in [0.2, 0.25) is 5.91 Å². The van der Waals surface area contributed by atoms with Crippen LogP contribution in [0.3, 0.4) is 0 Å². The molecule has 0 saturated carbocycles. The third-order valence-corrected chi connectivity index (χ3v) is 3.50. The predicted octanol–water partition coefficient (Wildman–Crippen LogP) is 0.999. The molecular formula is C12H24N2O2. The summed E-state index contributed by atoms with van der Waals surface area (Å²) in [5, 5.41) is 0. The van der Waals surface area contributed by atoms with Crippen LogP contribution in [0.1, 0.15) is 32.6 Å². The molecule has 0 aromatic carbocycles. The maximum atomic E-state index is 12.0. The van der Waals surface area contributed by atoms with Crippen molar-refractivity contribution in [3.63, 3.8) is 0 Å². The van der Waals surface area contributed by atoms with Crippen molar-refractivity contribution in [1.29, 1.82) is 0 Å². The van der Waals surface area contributed by atoms with Gasteiger partial charge in [0.25, 0.3) is 0 Å². The van der Waals surface area contributed by atoms with Gasteiger partial charge in [0.05, 0.1) is 6.10 Å². The van der Waals surface area contributed by atoms with E-state index in [1.54, 1.807) is 7.11 Å². The zero-order chi connectivity index (χ0) is 12.0. The van der Waals surface area contributed by atoms with Crippen LogP contribution in [0.4, 0.5) is 0 Å². The zero-order valence-corrected chi connectivity index (χ0v) is 10.4. The Balaban J connectivity index is 2.32. The van der Waals surface area contributed by atoms with Crippen LogP contribution in [0.2, 0.25) is 0 Å². The van der Waals surface area contributed by atoms with E-state index in [2.05, 4.69) is 6.92 Å².